The molecule has 1 saturated carbocycles. The van der Waals surface area contributed by atoms with E-state index < -0.39 is 11.9 Å². The number of hydrogen-bond donors (Lipinski definition) is 1. The molecule has 19 heavy (non-hydrogen) atoms. The highest BCUT2D eigenvalue weighted by molar-refractivity contribution is 6.31. The Morgan fingerprint density at radius 2 is 2.21 bits per heavy atom. The lowest BCUT2D eigenvalue weighted by atomic mass is 10.2. The largest absolute Gasteiger partial charge is 0.492 e. The molecule has 0 unspecified atom stereocenters. The van der Waals surface area contributed by atoms with E-state index in [9.17, 15) is 9.59 Å². The van der Waals surface area contributed by atoms with E-state index in [2.05, 4.69) is 4.74 Å². The molecule has 0 aliphatic heterocycles. The van der Waals surface area contributed by atoms with Crippen LogP contribution in [0.5, 0.6) is 5.75 Å². The summed E-state index contributed by atoms with van der Waals surface area (Å²) in [5, 5.41) is 9.20. The minimum absolute atomic E-state index is 0.00123. The maximum atomic E-state index is 11.6. The quantitative estimate of drug-likeness (QED) is 0.839. The summed E-state index contributed by atoms with van der Waals surface area (Å²) in [6, 6.07) is 4.64. The van der Waals surface area contributed by atoms with E-state index in [0.29, 0.717) is 17.2 Å². The van der Waals surface area contributed by atoms with Crippen LogP contribution in [-0.2, 0) is 9.53 Å². The van der Waals surface area contributed by atoms with E-state index >= 15 is 0 Å². The molecule has 1 aromatic rings. The first-order chi connectivity index (χ1) is 9.02. The van der Waals surface area contributed by atoms with Gasteiger partial charge in [0.2, 0.25) is 0 Å². The van der Waals surface area contributed by atoms with Crippen LogP contribution in [0.25, 0.3) is 0 Å². The van der Waals surface area contributed by atoms with Crippen molar-refractivity contribution in [2.75, 3.05) is 13.7 Å². The molecule has 1 aliphatic carbocycles. The SMILES string of the molecule is COC(=O)c1cc(Cl)ccc1OC[C@@H]1C[C@H]1C(=O)O. The number of methoxy groups -OCH3 is 1. The highest BCUT2D eigenvalue weighted by atomic mass is 35.5. The van der Waals surface area contributed by atoms with E-state index in [1.165, 1.54) is 13.2 Å². The molecule has 6 heteroatoms. The lowest BCUT2D eigenvalue weighted by Gasteiger charge is -2.10. The van der Waals surface area contributed by atoms with Crippen molar-refractivity contribution >= 4 is 23.5 Å². The fourth-order valence-electron chi connectivity index (χ4n) is 1.83. The smallest absolute Gasteiger partial charge is 0.341 e. The first kappa shape index (κ1) is 13.7. The van der Waals surface area contributed by atoms with Crippen molar-refractivity contribution in [2.45, 2.75) is 6.42 Å². The first-order valence-electron chi connectivity index (χ1n) is 5.76. The molecule has 0 spiro atoms. The predicted molar refractivity (Wildman–Crippen MR) is 67.5 cm³/mol. The number of carbonyl (C=O) groups excluding carboxylic acids is 1. The molecule has 0 bridgehead atoms. The third-order valence-electron chi connectivity index (χ3n) is 3.04. The van der Waals surface area contributed by atoms with Crippen molar-refractivity contribution in [2.24, 2.45) is 11.8 Å². The van der Waals surface area contributed by atoms with Gasteiger partial charge in [0.1, 0.15) is 11.3 Å². The van der Waals surface area contributed by atoms with Gasteiger partial charge in [-0.2, -0.15) is 0 Å². The Morgan fingerprint density at radius 3 is 2.79 bits per heavy atom. The zero-order valence-corrected chi connectivity index (χ0v) is 11.0. The summed E-state index contributed by atoms with van der Waals surface area (Å²) < 4.78 is 10.1. The highest BCUT2D eigenvalue weighted by Gasteiger charge is 2.43. The second-order valence-electron chi connectivity index (χ2n) is 4.38. The number of carbonyl (C=O) groups is 2. The molecule has 5 nitrogen and oxygen atoms in total. The maximum absolute atomic E-state index is 11.6. The zero-order valence-electron chi connectivity index (χ0n) is 10.3. The van der Waals surface area contributed by atoms with Crippen molar-refractivity contribution in [1.82, 2.24) is 0 Å². The normalized spacial score (nSPS) is 20.7. The molecular formula is C13H13ClO5. The molecule has 2 rings (SSSR count). The van der Waals surface area contributed by atoms with Gasteiger partial charge in [-0.05, 0) is 24.6 Å². The molecule has 0 heterocycles. The number of esters is 1. The van der Waals surface area contributed by atoms with Gasteiger partial charge in [-0.3, -0.25) is 4.79 Å². The van der Waals surface area contributed by atoms with Crippen LogP contribution in [0.1, 0.15) is 16.8 Å². The Balaban J connectivity index is 2.04. The number of aliphatic carboxylic acids is 1. The average Bonchev–Trinajstić information content (AvgIpc) is 3.16. The third-order valence-corrected chi connectivity index (χ3v) is 3.27. The Bertz CT molecular complexity index is 514. The monoisotopic (exact) mass is 284 g/mol. The van der Waals surface area contributed by atoms with E-state index in [0.717, 1.165) is 0 Å². The van der Waals surface area contributed by atoms with Crippen LogP contribution in [0.15, 0.2) is 18.2 Å². The van der Waals surface area contributed by atoms with Gasteiger partial charge >= 0.3 is 11.9 Å². The number of ether oxygens (including phenoxy) is 2. The second-order valence-corrected chi connectivity index (χ2v) is 4.82. The van der Waals surface area contributed by atoms with Crippen LogP contribution >= 0.6 is 11.6 Å². The summed E-state index contributed by atoms with van der Waals surface area (Å²) >= 11 is 5.82. The van der Waals surface area contributed by atoms with E-state index in [1.54, 1.807) is 12.1 Å². The van der Waals surface area contributed by atoms with E-state index in [4.69, 9.17) is 21.4 Å². The maximum Gasteiger partial charge on any atom is 0.341 e. The lowest BCUT2D eigenvalue weighted by molar-refractivity contribution is -0.138. The van der Waals surface area contributed by atoms with Crippen molar-refractivity contribution in [1.29, 1.82) is 0 Å². The van der Waals surface area contributed by atoms with Gasteiger partial charge in [0, 0.05) is 10.9 Å². The average molecular weight is 285 g/mol. The van der Waals surface area contributed by atoms with Gasteiger partial charge in [0.05, 0.1) is 19.6 Å². The molecular weight excluding hydrogens is 272 g/mol. The second kappa shape index (κ2) is 5.48. The van der Waals surface area contributed by atoms with Crippen LogP contribution in [0, 0.1) is 11.8 Å². The lowest BCUT2D eigenvalue weighted by Crippen LogP contribution is -2.09. The highest BCUT2D eigenvalue weighted by Crippen LogP contribution is 2.39. The molecule has 0 radical (unpaired) electrons. The van der Waals surface area contributed by atoms with Crippen LogP contribution in [0.4, 0.5) is 0 Å². The Morgan fingerprint density at radius 1 is 1.47 bits per heavy atom. The van der Waals surface area contributed by atoms with Crippen LogP contribution < -0.4 is 4.74 Å². The van der Waals surface area contributed by atoms with Gasteiger partial charge < -0.3 is 14.6 Å². The first-order valence-corrected chi connectivity index (χ1v) is 6.14. The predicted octanol–water partition coefficient (Wildman–Crippen LogP) is 2.23. The Hall–Kier alpha value is -1.75. The minimum atomic E-state index is -0.808. The summed E-state index contributed by atoms with van der Waals surface area (Å²) in [5.41, 5.74) is 0.238. The number of hydrogen-bond acceptors (Lipinski definition) is 4. The van der Waals surface area contributed by atoms with Gasteiger partial charge in [-0.1, -0.05) is 11.6 Å². The van der Waals surface area contributed by atoms with E-state index in [-0.39, 0.29) is 24.0 Å². The van der Waals surface area contributed by atoms with Gasteiger partial charge in [-0.25, -0.2) is 4.79 Å². The molecule has 0 amide bonds. The fraction of sp³-hybridized carbons (Fsp3) is 0.385. The molecule has 1 aliphatic rings. The number of carboxylic acids is 1. The van der Waals surface area contributed by atoms with Gasteiger partial charge in [-0.15, -0.1) is 0 Å². The summed E-state index contributed by atoms with van der Waals surface area (Å²) in [4.78, 5) is 22.3. The molecule has 1 fully saturated rings. The van der Waals surface area contributed by atoms with E-state index in [1.807, 2.05) is 0 Å². The minimum Gasteiger partial charge on any atom is -0.492 e. The molecule has 1 N–H and O–H groups in total. The van der Waals surface area contributed by atoms with Gasteiger partial charge in [0.25, 0.3) is 0 Å². The number of rotatable bonds is 5. The summed E-state index contributed by atoms with van der Waals surface area (Å²) in [6.45, 7) is 0.266. The van der Waals surface area contributed by atoms with Crippen molar-refractivity contribution in [3.63, 3.8) is 0 Å². The topological polar surface area (TPSA) is 72.8 Å². The Kier molecular flexibility index (Phi) is 3.95. The number of carboxylic acid groups (broad SMARTS) is 1. The molecule has 102 valence electrons. The van der Waals surface area contributed by atoms with Crippen molar-refractivity contribution < 1.29 is 24.2 Å². The van der Waals surface area contributed by atoms with Crippen molar-refractivity contribution in [3.8, 4) is 5.75 Å². The number of halogens is 1. The van der Waals surface area contributed by atoms with Gasteiger partial charge in [0.15, 0.2) is 0 Å². The van der Waals surface area contributed by atoms with Crippen LogP contribution in [0.2, 0.25) is 5.02 Å². The Labute approximate surface area is 115 Å². The number of benzene rings is 1. The summed E-state index contributed by atoms with van der Waals surface area (Å²) in [7, 11) is 1.27. The van der Waals surface area contributed by atoms with Crippen LogP contribution in [0.3, 0.4) is 0 Å². The summed E-state index contributed by atoms with van der Waals surface area (Å²) in [6.07, 6.45) is 0.608. The summed E-state index contributed by atoms with van der Waals surface area (Å²) in [5.74, 6) is -1.33. The van der Waals surface area contributed by atoms with Crippen molar-refractivity contribution in [3.05, 3.63) is 28.8 Å². The standard InChI is InChI=1S/C13H13ClO5/c1-18-13(17)10-5-8(14)2-3-11(10)19-6-7-4-9(7)12(15)16/h2-3,5,7,9H,4,6H2,1H3,(H,15,16)/t7-,9+/m0/s1. The zero-order chi connectivity index (χ0) is 14.0. The molecule has 0 saturated heterocycles. The van der Waals surface area contributed by atoms with Crippen LogP contribution in [-0.4, -0.2) is 30.8 Å². The third kappa shape index (κ3) is 3.17. The molecule has 0 aromatic heterocycles. The fourth-order valence-corrected chi connectivity index (χ4v) is 2.00. The molecule has 2 atom stereocenters. The molecule has 1 aromatic carbocycles.